The van der Waals surface area contributed by atoms with Crippen LogP contribution in [0.5, 0.6) is 0 Å². The highest BCUT2D eigenvalue weighted by atomic mass is 32.1. The first-order chi connectivity index (χ1) is 9.47. The van der Waals surface area contributed by atoms with Crippen molar-refractivity contribution in [3.8, 4) is 0 Å². The highest BCUT2D eigenvalue weighted by Crippen LogP contribution is 2.29. The average molecular weight is 297 g/mol. The number of ether oxygens (including phenoxy) is 1. The molecule has 1 N–H and O–H groups in total. The third-order valence-corrected chi connectivity index (χ3v) is 4.77. The quantitative estimate of drug-likeness (QED) is 0.907. The predicted molar refractivity (Wildman–Crippen MR) is 85.6 cm³/mol. The Hall–Kier alpha value is -0.650. The van der Waals surface area contributed by atoms with E-state index in [1.165, 1.54) is 4.88 Å². The lowest BCUT2D eigenvalue weighted by atomic mass is 10.2. The Morgan fingerprint density at radius 3 is 2.90 bits per heavy atom. The number of aromatic nitrogens is 1. The van der Waals surface area contributed by atoms with Crippen LogP contribution >= 0.6 is 11.3 Å². The second-order valence-corrected chi connectivity index (χ2v) is 7.24. The minimum atomic E-state index is 0.290. The largest absolute Gasteiger partial charge is 0.375 e. The molecule has 114 valence electrons. The molecule has 0 aliphatic carbocycles. The molecule has 0 saturated carbocycles. The normalized spacial score (nSPS) is 23.6. The predicted octanol–water partition coefficient (Wildman–Crippen LogP) is 2.81. The summed E-state index contributed by atoms with van der Waals surface area (Å²) >= 11 is 1.82. The molecule has 1 aliphatic rings. The van der Waals surface area contributed by atoms with Crippen LogP contribution in [0.15, 0.2) is 0 Å². The van der Waals surface area contributed by atoms with Gasteiger partial charge in [0.15, 0.2) is 5.13 Å². The molecule has 20 heavy (non-hydrogen) atoms. The fourth-order valence-electron chi connectivity index (χ4n) is 2.34. The van der Waals surface area contributed by atoms with E-state index in [-0.39, 0.29) is 6.10 Å². The van der Waals surface area contributed by atoms with Crippen molar-refractivity contribution in [2.45, 2.75) is 53.3 Å². The molecule has 0 amide bonds. The third kappa shape index (κ3) is 3.93. The van der Waals surface area contributed by atoms with Crippen LogP contribution in [0.4, 0.5) is 5.13 Å². The lowest BCUT2D eigenvalue weighted by molar-refractivity contribution is 0.0343. The van der Waals surface area contributed by atoms with E-state index in [0.29, 0.717) is 12.0 Å². The topological polar surface area (TPSA) is 37.4 Å². The van der Waals surface area contributed by atoms with E-state index in [1.807, 2.05) is 11.3 Å². The van der Waals surface area contributed by atoms with Gasteiger partial charge in [0.25, 0.3) is 0 Å². The maximum Gasteiger partial charge on any atom is 0.186 e. The van der Waals surface area contributed by atoms with Crippen LogP contribution < -0.4 is 10.2 Å². The number of anilines is 1. The summed E-state index contributed by atoms with van der Waals surface area (Å²) in [5, 5.41) is 4.65. The Morgan fingerprint density at radius 1 is 1.45 bits per heavy atom. The number of nitrogens with one attached hydrogen (secondary N) is 1. The zero-order valence-corrected chi connectivity index (χ0v) is 14.1. The number of hydrogen-bond acceptors (Lipinski definition) is 5. The van der Waals surface area contributed by atoms with Gasteiger partial charge >= 0.3 is 0 Å². The van der Waals surface area contributed by atoms with Gasteiger partial charge in [-0.05, 0) is 33.2 Å². The average Bonchev–Trinajstić information content (AvgIpc) is 2.73. The number of rotatable bonds is 5. The fourth-order valence-corrected chi connectivity index (χ4v) is 3.49. The number of aryl methyl sites for hydroxylation is 1. The standard InChI is InChI=1S/C15H27N3OS/c1-10(2)6-16-7-14-13(5)17-15(20-14)18-8-12(4)19-9-11(18)3/h10-12,16H,6-9H2,1-5H3. The molecule has 2 unspecified atom stereocenters. The lowest BCUT2D eigenvalue weighted by Crippen LogP contribution is -2.47. The highest BCUT2D eigenvalue weighted by Gasteiger charge is 2.26. The second-order valence-electron chi connectivity index (χ2n) is 6.18. The Kier molecular flexibility index (Phi) is 5.41. The molecule has 0 radical (unpaired) electrons. The summed E-state index contributed by atoms with van der Waals surface area (Å²) in [6, 6.07) is 0.410. The molecule has 1 aliphatic heterocycles. The molecule has 0 bridgehead atoms. The smallest absolute Gasteiger partial charge is 0.186 e. The molecule has 1 fully saturated rings. The van der Waals surface area contributed by atoms with Crippen molar-refractivity contribution in [2.24, 2.45) is 5.92 Å². The summed E-state index contributed by atoms with van der Waals surface area (Å²) in [5.41, 5.74) is 1.16. The van der Waals surface area contributed by atoms with Gasteiger partial charge in [0, 0.05) is 18.0 Å². The number of thiazole rings is 1. The fraction of sp³-hybridized carbons (Fsp3) is 0.800. The van der Waals surface area contributed by atoms with Crippen LogP contribution in [0.3, 0.4) is 0 Å². The molecule has 2 rings (SSSR count). The van der Waals surface area contributed by atoms with E-state index in [1.54, 1.807) is 0 Å². The van der Waals surface area contributed by atoms with E-state index in [9.17, 15) is 0 Å². The van der Waals surface area contributed by atoms with E-state index in [4.69, 9.17) is 9.72 Å². The van der Waals surface area contributed by atoms with Gasteiger partial charge in [0.1, 0.15) is 0 Å². The molecule has 1 saturated heterocycles. The molecular weight excluding hydrogens is 270 g/mol. The van der Waals surface area contributed by atoms with Crippen molar-refractivity contribution in [1.29, 1.82) is 0 Å². The van der Waals surface area contributed by atoms with E-state index in [0.717, 1.165) is 37.1 Å². The zero-order chi connectivity index (χ0) is 14.7. The molecule has 0 aromatic carbocycles. The van der Waals surface area contributed by atoms with Gasteiger partial charge in [0.05, 0.1) is 24.4 Å². The van der Waals surface area contributed by atoms with Crippen molar-refractivity contribution in [3.63, 3.8) is 0 Å². The van der Waals surface area contributed by atoms with Gasteiger partial charge in [-0.15, -0.1) is 11.3 Å². The Labute approximate surface area is 126 Å². The third-order valence-electron chi connectivity index (χ3n) is 3.57. The maximum atomic E-state index is 5.69. The van der Waals surface area contributed by atoms with Crippen LogP contribution in [0, 0.1) is 12.8 Å². The lowest BCUT2D eigenvalue weighted by Gasteiger charge is -2.36. The van der Waals surface area contributed by atoms with Crippen molar-refractivity contribution in [2.75, 3.05) is 24.6 Å². The molecule has 4 nitrogen and oxygen atoms in total. The van der Waals surface area contributed by atoms with Crippen LogP contribution in [0.2, 0.25) is 0 Å². The van der Waals surface area contributed by atoms with Crippen LogP contribution in [-0.2, 0) is 11.3 Å². The molecule has 0 spiro atoms. The maximum absolute atomic E-state index is 5.69. The monoisotopic (exact) mass is 297 g/mol. The molecule has 2 heterocycles. The van der Waals surface area contributed by atoms with Gasteiger partial charge in [-0.25, -0.2) is 4.98 Å². The first-order valence-corrected chi connectivity index (χ1v) is 8.34. The minimum Gasteiger partial charge on any atom is -0.375 e. The Balaban J connectivity index is 2.02. The molecule has 2 atom stereocenters. The second kappa shape index (κ2) is 6.87. The highest BCUT2D eigenvalue weighted by molar-refractivity contribution is 7.15. The summed E-state index contributed by atoms with van der Waals surface area (Å²) in [5.74, 6) is 0.683. The summed E-state index contributed by atoms with van der Waals surface area (Å²) in [4.78, 5) is 8.51. The zero-order valence-electron chi connectivity index (χ0n) is 13.3. The molecule has 1 aromatic heterocycles. The van der Waals surface area contributed by atoms with Crippen molar-refractivity contribution in [1.82, 2.24) is 10.3 Å². The van der Waals surface area contributed by atoms with Crippen molar-refractivity contribution in [3.05, 3.63) is 10.6 Å². The first kappa shape index (κ1) is 15.7. The molecule has 1 aromatic rings. The first-order valence-electron chi connectivity index (χ1n) is 7.52. The molecule has 5 heteroatoms. The summed E-state index contributed by atoms with van der Waals surface area (Å²) in [6.45, 7) is 14.6. The van der Waals surface area contributed by atoms with Gasteiger partial charge in [-0.2, -0.15) is 0 Å². The van der Waals surface area contributed by atoms with E-state index < -0.39 is 0 Å². The SMILES string of the molecule is Cc1nc(N2CC(C)OCC2C)sc1CNCC(C)C. The van der Waals surface area contributed by atoms with E-state index in [2.05, 4.69) is 44.8 Å². The van der Waals surface area contributed by atoms with Crippen LogP contribution in [-0.4, -0.2) is 36.8 Å². The van der Waals surface area contributed by atoms with Crippen LogP contribution in [0.25, 0.3) is 0 Å². The van der Waals surface area contributed by atoms with E-state index >= 15 is 0 Å². The summed E-state index contributed by atoms with van der Waals surface area (Å²) < 4.78 is 5.69. The van der Waals surface area contributed by atoms with Gasteiger partial charge < -0.3 is 15.0 Å². The Bertz CT molecular complexity index is 433. The van der Waals surface area contributed by atoms with Crippen LogP contribution in [0.1, 0.15) is 38.3 Å². The van der Waals surface area contributed by atoms with Crippen molar-refractivity contribution >= 4 is 16.5 Å². The van der Waals surface area contributed by atoms with Gasteiger partial charge in [0.2, 0.25) is 0 Å². The minimum absolute atomic E-state index is 0.290. The van der Waals surface area contributed by atoms with Crippen molar-refractivity contribution < 1.29 is 4.74 Å². The summed E-state index contributed by atoms with van der Waals surface area (Å²) in [6.07, 6.45) is 0.290. The number of morpholine rings is 1. The summed E-state index contributed by atoms with van der Waals surface area (Å²) in [7, 11) is 0. The van der Waals surface area contributed by atoms with Gasteiger partial charge in [-0.1, -0.05) is 13.8 Å². The Morgan fingerprint density at radius 2 is 2.20 bits per heavy atom. The number of hydrogen-bond donors (Lipinski definition) is 1. The number of nitrogens with zero attached hydrogens (tertiary/aromatic N) is 2. The molecular formula is C15H27N3OS. The van der Waals surface area contributed by atoms with Gasteiger partial charge in [-0.3, -0.25) is 0 Å².